The highest BCUT2D eigenvalue weighted by Gasteiger charge is 2.37. The lowest BCUT2D eigenvalue weighted by molar-refractivity contribution is -0.128. The van der Waals surface area contributed by atoms with Gasteiger partial charge in [-0.15, -0.1) is 0 Å². The first kappa shape index (κ1) is 12.9. The minimum Gasteiger partial charge on any atom is -0.356 e. The number of hydrogen-bond acceptors (Lipinski definition) is 2. The number of nitrogens with one attached hydrogen (secondary N) is 1. The molecule has 2 unspecified atom stereocenters. The van der Waals surface area contributed by atoms with Crippen molar-refractivity contribution < 1.29 is 4.79 Å². The number of hydrogen-bond donors (Lipinski definition) is 2. The van der Waals surface area contributed by atoms with E-state index < -0.39 is 0 Å². The Morgan fingerprint density at radius 2 is 1.88 bits per heavy atom. The van der Waals surface area contributed by atoms with Crippen LogP contribution in [0, 0.1) is 11.8 Å². The molecule has 2 atom stereocenters. The van der Waals surface area contributed by atoms with Gasteiger partial charge in [0.15, 0.2) is 0 Å². The zero-order valence-corrected chi connectivity index (χ0v) is 11.0. The van der Waals surface area contributed by atoms with Crippen molar-refractivity contribution in [3.05, 3.63) is 0 Å². The topological polar surface area (TPSA) is 55.1 Å². The summed E-state index contributed by atoms with van der Waals surface area (Å²) in [6, 6.07) is 0. The smallest absolute Gasteiger partial charge is 0.224 e. The monoisotopic (exact) mass is 238 g/mol. The zero-order chi connectivity index (χ0) is 12.3. The maximum Gasteiger partial charge on any atom is 0.224 e. The zero-order valence-electron chi connectivity index (χ0n) is 11.0. The van der Waals surface area contributed by atoms with E-state index in [1.165, 1.54) is 32.1 Å². The van der Waals surface area contributed by atoms with Crippen LogP contribution in [0.25, 0.3) is 0 Å². The lowest BCUT2D eigenvalue weighted by Crippen LogP contribution is -2.53. The first-order valence-electron chi connectivity index (χ1n) is 7.16. The largest absolute Gasteiger partial charge is 0.356 e. The van der Waals surface area contributed by atoms with E-state index in [0.29, 0.717) is 5.92 Å². The third-order valence-electron chi connectivity index (χ3n) is 4.61. The van der Waals surface area contributed by atoms with Crippen molar-refractivity contribution in [2.24, 2.45) is 17.6 Å². The molecule has 0 bridgehead atoms. The standard InChI is InChI=1S/C14H26N2O/c1-14(15)9-5-4-8-12(14)13(17)16-10-11-6-2-3-7-11/h11-12H,2-10,15H2,1H3,(H,16,17). The highest BCUT2D eigenvalue weighted by molar-refractivity contribution is 5.80. The van der Waals surface area contributed by atoms with Gasteiger partial charge in [-0.25, -0.2) is 0 Å². The van der Waals surface area contributed by atoms with E-state index >= 15 is 0 Å². The van der Waals surface area contributed by atoms with Gasteiger partial charge in [0.05, 0.1) is 5.92 Å². The van der Waals surface area contributed by atoms with E-state index in [1.807, 2.05) is 6.92 Å². The average Bonchev–Trinajstić information content (AvgIpc) is 2.78. The van der Waals surface area contributed by atoms with Crippen molar-refractivity contribution >= 4 is 5.91 Å². The highest BCUT2D eigenvalue weighted by Crippen LogP contribution is 2.32. The van der Waals surface area contributed by atoms with Crippen molar-refractivity contribution in [2.75, 3.05) is 6.54 Å². The summed E-state index contributed by atoms with van der Waals surface area (Å²) in [5, 5.41) is 3.13. The fourth-order valence-electron chi connectivity index (χ4n) is 3.37. The molecule has 2 saturated carbocycles. The van der Waals surface area contributed by atoms with Gasteiger partial charge in [-0.2, -0.15) is 0 Å². The van der Waals surface area contributed by atoms with Crippen molar-refractivity contribution in [3.8, 4) is 0 Å². The molecule has 1 amide bonds. The number of rotatable bonds is 3. The van der Waals surface area contributed by atoms with E-state index in [-0.39, 0.29) is 17.4 Å². The highest BCUT2D eigenvalue weighted by atomic mass is 16.1. The van der Waals surface area contributed by atoms with Crippen LogP contribution in [0.3, 0.4) is 0 Å². The first-order chi connectivity index (χ1) is 8.09. The van der Waals surface area contributed by atoms with Crippen LogP contribution in [0.1, 0.15) is 58.3 Å². The van der Waals surface area contributed by atoms with Crippen LogP contribution in [0.15, 0.2) is 0 Å². The molecule has 3 heteroatoms. The fraction of sp³-hybridized carbons (Fsp3) is 0.929. The molecule has 0 saturated heterocycles. The molecule has 0 radical (unpaired) electrons. The SMILES string of the molecule is CC1(N)CCCCC1C(=O)NCC1CCCC1. The number of carbonyl (C=O) groups excluding carboxylic acids is 1. The lowest BCUT2D eigenvalue weighted by Gasteiger charge is -2.37. The minimum atomic E-state index is -0.294. The van der Waals surface area contributed by atoms with Gasteiger partial charge in [-0.05, 0) is 38.5 Å². The van der Waals surface area contributed by atoms with E-state index in [0.717, 1.165) is 25.8 Å². The Hall–Kier alpha value is -0.570. The van der Waals surface area contributed by atoms with Crippen LogP contribution < -0.4 is 11.1 Å². The molecule has 0 aromatic rings. The van der Waals surface area contributed by atoms with Gasteiger partial charge in [0.1, 0.15) is 0 Å². The summed E-state index contributed by atoms with van der Waals surface area (Å²) in [7, 11) is 0. The summed E-state index contributed by atoms with van der Waals surface area (Å²) in [5.74, 6) is 0.936. The third-order valence-corrected chi connectivity index (χ3v) is 4.61. The summed E-state index contributed by atoms with van der Waals surface area (Å²) in [6.45, 7) is 2.90. The summed E-state index contributed by atoms with van der Waals surface area (Å²) >= 11 is 0. The maximum atomic E-state index is 12.2. The molecule has 0 spiro atoms. The Morgan fingerprint density at radius 1 is 1.24 bits per heavy atom. The van der Waals surface area contributed by atoms with Crippen molar-refractivity contribution in [2.45, 2.75) is 63.8 Å². The van der Waals surface area contributed by atoms with Gasteiger partial charge in [0, 0.05) is 12.1 Å². The molecular formula is C14H26N2O. The molecule has 2 aliphatic rings. The molecule has 3 N–H and O–H groups in total. The summed E-state index contributed by atoms with van der Waals surface area (Å²) in [4.78, 5) is 12.2. The molecule has 0 aliphatic heterocycles. The predicted molar refractivity (Wildman–Crippen MR) is 69.5 cm³/mol. The molecule has 17 heavy (non-hydrogen) atoms. The Balaban J connectivity index is 1.81. The summed E-state index contributed by atoms with van der Waals surface area (Å²) < 4.78 is 0. The van der Waals surface area contributed by atoms with E-state index in [4.69, 9.17) is 5.73 Å². The second kappa shape index (κ2) is 5.38. The summed E-state index contributed by atoms with van der Waals surface area (Å²) in [6.07, 6.45) is 9.48. The van der Waals surface area contributed by atoms with Crippen LogP contribution in [0.2, 0.25) is 0 Å². The van der Waals surface area contributed by atoms with Crippen LogP contribution >= 0.6 is 0 Å². The maximum absolute atomic E-state index is 12.2. The van der Waals surface area contributed by atoms with Gasteiger partial charge < -0.3 is 11.1 Å². The van der Waals surface area contributed by atoms with E-state index in [2.05, 4.69) is 5.32 Å². The average molecular weight is 238 g/mol. The summed E-state index contributed by atoms with van der Waals surface area (Å²) in [5.41, 5.74) is 5.95. The minimum absolute atomic E-state index is 0.0256. The molecule has 2 aliphatic carbocycles. The second-order valence-electron chi connectivity index (χ2n) is 6.20. The van der Waals surface area contributed by atoms with Crippen molar-refractivity contribution in [1.82, 2.24) is 5.32 Å². The Bertz CT molecular complexity index is 269. The van der Waals surface area contributed by atoms with Gasteiger partial charge >= 0.3 is 0 Å². The van der Waals surface area contributed by atoms with Crippen molar-refractivity contribution in [1.29, 1.82) is 0 Å². The number of nitrogens with two attached hydrogens (primary N) is 1. The van der Waals surface area contributed by atoms with Crippen LogP contribution in [0.4, 0.5) is 0 Å². The fourth-order valence-corrected chi connectivity index (χ4v) is 3.37. The van der Waals surface area contributed by atoms with Gasteiger partial charge in [0.2, 0.25) is 5.91 Å². The van der Waals surface area contributed by atoms with Crippen molar-refractivity contribution in [3.63, 3.8) is 0 Å². The van der Waals surface area contributed by atoms with Crippen LogP contribution in [-0.2, 0) is 4.79 Å². The molecule has 3 nitrogen and oxygen atoms in total. The molecule has 2 fully saturated rings. The molecule has 98 valence electrons. The Kier molecular flexibility index (Phi) is 4.08. The van der Waals surface area contributed by atoms with Gasteiger partial charge in [0.25, 0.3) is 0 Å². The predicted octanol–water partition coefficient (Wildman–Crippen LogP) is 2.20. The van der Waals surface area contributed by atoms with Gasteiger partial charge in [-0.1, -0.05) is 25.7 Å². The first-order valence-corrected chi connectivity index (χ1v) is 7.16. The van der Waals surface area contributed by atoms with Crippen LogP contribution in [0.5, 0.6) is 0 Å². The second-order valence-corrected chi connectivity index (χ2v) is 6.20. The molecule has 2 rings (SSSR count). The van der Waals surface area contributed by atoms with E-state index in [1.54, 1.807) is 0 Å². The lowest BCUT2D eigenvalue weighted by atomic mass is 9.74. The van der Waals surface area contributed by atoms with Gasteiger partial charge in [-0.3, -0.25) is 4.79 Å². The molecule has 0 aromatic heterocycles. The Morgan fingerprint density at radius 3 is 2.53 bits per heavy atom. The molecular weight excluding hydrogens is 212 g/mol. The normalized spacial score (nSPS) is 34.8. The Labute approximate surface area is 105 Å². The molecule has 0 heterocycles. The van der Waals surface area contributed by atoms with Crippen LogP contribution in [-0.4, -0.2) is 18.0 Å². The molecule has 0 aromatic carbocycles. The van der Waals surface area contributed by atoms with E-state index in [9.17, 15) is 4.79 Å². The number of amides is 1. The quantitative estimate of drug-likeness (QED) is 0.792. The third kappa shape index (κ3) is 3.21. The number of carbonyl (C=O) groups is 1.